The number of carbonyl (C=O) groups excluding carboxylic acids is 2. The fourth-order valence-electron chi connectivity index (χ4n) is 1.63. The molecule has 1 rings (SSSR count). The minimum absolute atomic E-state index is 0.0341. The summed E-state index contributed by atoms with van der Waals surface area (Å²) in [7, 11) is 0. The highest BCUT2D eigenvalue weighted by molar-refractivity contribution is 9.10. The first kappa shape index (κ1) is 11.5. The molecule has 1 heterocycles. The highest BCUT2D eigenvalue weighted by atomic mass is 79.9. The monoisotopic (exact) mass is 262 g/mol. The predicted octanol–water partition coefficient (Wildman–Crippen LogP) is 0.636. The van der Waals surface area contributed by atoms with Crippen LogP contribution in [0.1, 0.15) is 26.7 Å². The van der Waals surface area contributed by atoms with Crippen molar-refractivity contribution < 1.29 is 9.59 Å². The highest BCUT2D eigenvalue weighted by Gasteiger charge is 2.44. The Kier molecular flexibility index (Phi) is 3.19. The lowest BCUT2D eigenvalue weighted by Gasteiger charge is -2.35. The molecule has 2 unspecified atom stereocenters. The maximum Gasteiger partial charge on any atom is 0.243 e. The summed E-state index contributed by atoms with van der Waals surface area (Å²) in [5, 5.41) is 0. The molecule has 0 bridgehead atoms. The van der Waals surface area contributed by atoms with Crippen LogP contribution in [0.3, 0.4) is 0 Å². The molecule has 0 saturated carbocycles. The van der Waals surface area contributed by atoms with Gasteiger partial charge in [0.25, 0.3) is 0 Å². The van der Waals surface area contributed by atoms with Crippen molar-refractivity contribution in [1.29, 1.82) is 0 Å². The number of amides is 2. The van der Waals surface area contributed by atoms with Crippen molar-refractivity contribution in [3.8, 4) is 0 Å². The van der Waals surface area contributed by atoms with Gasteiger partial charge in [0.15, 0.2) is 0 Å². The second-order valence-corrected chi connectivity index (χ2v) is 4.84. The Hall–Kier alpha value is -0.580. The minimum Gasteiger partial charge on any atom is -0.368 e. The summed E-state index contributed by atoms with van der Waals surface area (Å²) in [4.78, 5) is 24.4. The highest BCUT2D eigenvalue weighted by Crippen LogP contribution is 2.28. The maximum absolute atomic E-state index is 11.7. The molecule has 1 aliphatic rings. The summed E-state index contributed by atoms with van der Waals surface area (Å²) in [5.74, 6) is -0.469. The van der Waals surface area contributed by atoms with E-state index in [1.54, 1.807) is 11.8 Å². The normalized spacial score (nSPS) is 26.4. The van der Waals surface area contributed by atoms with Crippen LogP contribution >= 0.6 is 15.9 Å². The number of nitrogens with zero attached hydrogens (tertiary/aromatic N) is 1. The fourth-order valence-corrected chi connectivity index (χ4v) is 2.09. The van der Waals surface area contributed by atoms with E-state index in [4.69, 9.17) is 5.73 Å². The molecule has 1 aliphatic heterocycles. The van der Waals surface area contributed by atoms with Crippen LogP contribution < -0.4 is 5.73 Å². The van der Waals surface area contributed by atoms with Crippen molar-refractivity contribution in [2.45, 2.75) is 37.1 Å². The maximum atomic E-state index is 11.7. The van der Waals surface area contributed by atoms with Crippen LogP contribution in [0.2, 0.25) is 0 Å². The Labute approximate surface area is 91.9 Å². The zero-order valence-electron chi connectivity index (χ0n) is 8.42. The molecular formula is C9H15BrN2O2. The van der Waals surface area contributed by atoms with Gasteiger partial charge in [-0.2, -0.15) is 0 Å². The lowest BCUT2D eigenvalue weighted by molar-refractivity contribution is -0.141. The van der Waals surface area contributed by atoms with Crippen molar-refractivity contribution in [1.82, 2.24) is 4.90 Å². The Balaban J connectivity index is 2.91. The summed E-state index contributed by atoms with van der Waals surface area (Å²) in [6.45, 7) is 4.18. The van der Waals surface area contributed by atoms with Crippen LogP contribution in [-0.4, -0.2) is 33.6 Å². The van der Waals surface area contributed by atoms with Gasteiger partial charge in [0.05, 0.1) is 4.83 Å². The molecule has 2 N–H and O–H groups in total. The largest absolute Gasteiger partial charge is 0.368 e. The van der Waals surface area contributed by atoms with E-state index in [-0.39, 0.29) is 10.7 Å². The number of carbonyl (C=O) groups is 2. The van der Waals surface area contributed by atoms with Crippen LogP contribution in [-0.2, 0) is 9.59 Å². The Morgan fingerprint density at radius 2 is 2.36 bits per heavy atom. The van der Waals surface area contributed by atoms with E-state index < -0.39 is 11.4 Å². The summed E-state index contributed by atoms with van der Waals surface area (Å²) in [6, 6.07) is 0. The third-order valence-electron chi connectivity index (χ3n) is 2.96. The Morgan fingerprint density at radius 3 is 2.64 bits per heavy atom. The molecule has 4 nitrogen and oxygen atoms in total. The molecular weight excluding hydrogens is 248 g/mol. The SMILES string of the molecule is CCC(C)(C(N)=O)N1CCC(Br)C1=O. The average molecular weight is 263 g/mol. The first-order valence-electron chi connectivity index (χ1n) is 4.69. The molecule has 0 aromatic carbocycles. The zero-order valence-corrected chi connectivity index (χ0v) is 10.0. The van der Waals surface area contributed by atoms with Crippen LogP contribution in [0.15, 0.2) is 0 Å². The molecule has 0 radical (unpaired) electrons. The van der Waals surface area contributed by atoms with Gasteiger partial charge in [-0.25, -0.2) is 0 Å². The molecule has 5 heteroatoms. The number of likely N-dealkylation sites (tertiary alicyclic amines) is 1. The molecule has 0 aliphatic carbocycles. The molecule has 2 amide bonds. The van der Waals surface area contributed by atoms with Gasteiger partial charge in [-0.05, 0) is 19.8 Å². The number of rotatable bonds is 3. The summed E-state index contributed by atoms with van der Waals surface area (Å²) < 4.78 is 0. The summed E-state index contributed by atoms with van der Waals surface area (Å²) in [5.41, 5.74) is 4.49. The van der Waals surface area contributed by atoms with Crippen molar-refractivity contribution in [2.24, 2.45) is 5.73 Å². The van der Waals surface area contributed by atoms with Gasteiger partial charge in [-0.3, -0.25) is 9.59 Å². The molecule has 1 fully saturated rings. The van der Waals surface area contributed by atoms with Crippen molar-refractivity contribution >= 4 is 27.7 Å². The summed E-state index contributed by atoms with van der Waals surface area (Å²) in [6.07, 6.45) is 1.29. The minimum atomic E-state index is -0.834. The lowest BCUT2D eigenvalue weighted by atomic mass is 9.96. The van der Waals surface area contributed by atoms with E-state index in [1.165, 1.54) is 0 Å². The summed E-state index contributed by atoms with van der Waals surface area (Å²) >= 11 is 3.27. The van der Waals surface area contributed by atoms with Crippen LogP contribution in [0.4, 0.5) is 0 Å². The zero-order chi connectivity index (χ0) is 10.9. The van der Waals surface area contributed by atoms with E-state index in [2.05, 4.69) is 15.9 Å². The van der Waals surface area contributed by atoms with Crippen LogP contribution in [0.5, 0.6) is 0 Å². The van der Waals surface area contributed by atoms with E-state index in [9.17, 15) is 9.59 Å². The average Bonchev–Trinajstić information content (AvgIpc) is 2.46. The standard InChI is InChI=1S/C9H15BrN2O2/c1-3-9(2,8(11)14)12-5-4-6(10)7(12)13/h6H,3-5H2,1-2H3,(H2,11,14). The van der Waals surface area contributed by atoms with E-state index in [1.807, 2.05) is 6.92 Å². The molecule has 0 spiro atoms. The number of hydrogen-bond acceptors (Lipinski definition) is 2. The fraction of sp³-hybridized carbons (Fsp3) is 0.778. The molecule has 0 aromatic rings. The third-order valence-corrected chi connectivity index (χ3v) is 3.80. The Bertz CT molecular complexity index is 270. The van der Waals surface area contributed by atoms with Gasteiger partial charge in [0, 0.05) is 6.54 Å². The number of alkyl halides is 1. The first-order chi connectivity index (χ1) is 6.43. The van der Waals surface area contributed by atoms with Crippen molar-refractivity contribution in [3.63, 3.8) is 0 Å². The van der Waals surface area contributed by atoms with E-state index in [0.29, 0.717) is 13.0 Å². The first-order valence-corrected chi connectivity index (χ1v) is 5.60. The van der Waals surface area contributed by atoms with E-state index in [0.717, 1.165) is 6.42 Å². The third kappa shape index (κ3) is 1.65. The van der Waals surface area contributed by atoms with Crippen molar-refractivity contribution in [3.05, 3.63) is 0 Å². The second kappa shape index (κ2) is 3.88. The van der Waals surface area contributed by atoms with Crippen molar-refractivity contribution in [2.75, 3.05) is 6.54 Å². The number of primary amides is 1. The van der Waals surface area contributed by atoms with Gasteiger partial charge in [0.2, 0.25) is 11.8 Å². The van der Waals surface area contributed by atoms with Crippen LogP contribution in [0, 0.1) is 0 Å². The smallest absolute Gasteiger partial charge is 0.243 e. The second-order valence-electron chi connectivity index (χ2n) is 3.74. The lowest BCUT2D eigenvalue weighted by Crippen LogP contribution is -2.56. The molecule has 2 atom stereocenters. The Morgan fingerprint density at radius 1 is 1.79 bits per heavy atom. The quantitative estimate of drug-likeness (QED) is 0.759. The van der Waals surface area contributed by atoms with Gasteiger partial charge in [-0.1, -0.05) is 22.9 Å². The topological polar surface area (TPSA) is 63.4 Å². The van der Waals surface area contributed by atoms with Gasteiger partial charge in [-0.15, -0.1) is 0 Å². The number of hydrogen-bond donors (Lipinski definition) is 1. The predicted molar refractivity (Wildman–Crippen MR) is 56.9 cm³/mol. The van der Waals surface area contributed by atoms with Gasteiger partial charge >= 0.3 is 0 Å². The molecule has 80 valence electrons. The van der Waals surface area contributed by atoms with Gasteiger partial charge < -0.3 is 10.6 Å². The number of nitrogens with two attached hydrogens (primary N) is 1. The molecule has 1 saturated heterocycles. The van der Waals surface area contributed by atoms with Gasteiger partial charge in [0.1, 0.15) is 5.54 Å². The number of halogens is 1. The molecule has 14 heavy (non-hydrogen) atoms. The van der Waals surface area contributed by atoms with Crippen LogP contribution in [0.25, 0.3) is 0 Å². The van der Waals surface area contributed by atoms with E-state index >= 15 is 0 Å². The molecule has 0 aromatic heterocycles.